The van der Waals surface area contributed by atoms with Crippen molar-refractivity contribution in [1.82, 2.24) is 4.98 Å². The summed E-state index contributed by atoms with van der Waals surface area (Å²) in [5.74, 6) is 0.540. The topological polar surface area (TPSA) is 60.2 Å². The first kappa shape index (κ1) is 14.6. The summed E-state index contributed by atoms with van der Waals surface area (Å²) in [7, 11) is 0. The molecular formula is C16H20ClN3O. The van der Waals surface area contributed by atoms with Gasteiger partial charge in [-0.15, -0.1) is 0 Å². The highest BCUT2D eigenvalue weighted by molar-refractivity contribution is 6.35. The van der Waals surface area contributed by atoms with E-state index in [0.717, 1.165) is 47.7 Å². The minimum Gasteiger partial charge on any atom is -0.381 e. The Labute approximate surface area is 129 Å². The van der Waals surface area contributed by atoms with Gasteiger partial charge in [-0.25, -0.2) is 0 Å². The molecule has 0 radical (unpaired) electrons. The maximum absolute atomic E-state index is 6.24. The molecule has 0 amide bonds. The fourth-order valence-electron chi connectivity index (χ4n) is 2.94. The molecule has 4 nitrogen and oxygen atoms in total. The van der Waals surface area contributed by atoms with Crippen molar-refractivity contribution in [1.29, 1.82) is 0 Å². The first-order valence-corrected chi connectivity index (χ1v) is 7.75. The van der Waals surface area contributed by atoms with E-state index in [1.807, 2.05) is 24.3 Å². The van der Waals surface area contributed by atoms with Crippen LogP contribution in [0.15, 0.2) is 30.5 Å². The second-order valence-corrected chi connectivity index (χ2v) is 5.84. The number of halogens is 1. The van der Waals surface area contributed by atoms with Crippen molar-refractivity contribution in [3.8, 4) is 0 Å². The number of nitrogens with one attached hydrogen (secondary N) is 1. The Morgan fingerprint density at radius 2 is 2.14 bits per heavy atom. The average molecular weight is 306 g/mol. The van der Waals surface area contributed by atoms with Gasteiger partial charge in [0, 0.05) is 37.4 Å². The summed E-state index contributed by atoms with van der Waals surface area (Å²) < 4.78 is 5.43. The minimum atomic E-state index is 0.236. The number of rotatable bonds is 4. The highest BCUT2D eigenvalue weighted by atomic mass is 35.5. The normalized spacial score (nSPS) is 17.8. The number of benzene rings is 1. The summed E-state index contributed by atoms with van der Waals surface area (Å²) in [6, 6.07) is 8.02. The van der Waals surface area contributed by atoms with E-state index in [1.54, 1.807) is 6.20 Å². The van der Waals surface area contributed by atoms with E-state index < -0.39 is 0 Å². The first-order valence-electron chi connectivity index (χ1n) is 7.37. The average Bonchev–Trinajstić information content (AvgIpc) is 2.55. The van der Waals surface area contributed by atoms with Gasteiger partial charge in [-0.05, 0) is 43.0 Å². The van der Waals surface area contributed by atoms with E-state index in [9.17, 15) is 0 Å². The van der Waals surface area contributed by atoms with E-state index in [0.29, 0.717) is 12.5 Å². The Kier molecular flexibility index (Phi) is 4.58. The highest BCUT2D eigenvalue weighted by Crippen LogP contribution is 2.30. The number of anilines is 1. The van der Waals surface area contributed by atoms with E-state index in [2.05, 4.69) is 10.3 Å². The van der Waals surface area contributed by atoms with Crippen LogP contribution in [0.2, 0.25) is 5.02 Å². The number of hydrogen-bond donors (Lipinski definition) is 2. The van der Waals surface area contributed by atoms with Crippen LogP contribution in [0.1, 0.15) is 12.8 Å². The Balaban J connectivity index is 1.87. The first-order chi connectivity index (χ1) is 10.3. The molecule has 3 N–H and O–H groups in total. The Morgan fingerprint density at radius 1 is 1.33 bits per heavy atom. The van der Waals surface area contributed by atoms with Gasteiger partial charge in [-0.1, -0.05) is 11.6 Å². The van der Waals surface area contributed by atoms with Gasteiger partial charge < -0.3 is 15.8 Å². The minimum absolute atomic E-state index is 0.236. The van der Waals surface area contributed by atoms with Crippen molar-refractivity contribution in [2.75, 3.05) is 25.1 Å². The van der Waals surface area contributed by atoms with Crippen LogP contribution in [0.5, 0.6) is 0 Å². The molecule has 2 heterocycles. The third-order valence-corrected chi connectivity index (χ3v) is 4.48. The van der Waals surface area contributed by atoms with Gasteiger partial charge in [0.15, 0.2) is 0 Å². The Morgan fingerprint density at radius 3 is 2.90 bits per heavy atom. The largest absolute Gasteiger partial charge is 0.381 e. The van der Waals surface area contributed by atoms with Gasteiger partial charge in [0.05, 0.1) is 16.2 Å². The molecule has 1 saturated heterocycles. The van der Waals surface area contributed by atoms with Gasteiger partial charge in [0.1, 0.15) is 0 Å². The molecule has 0 spiro atoms. The van der Waals surface area contributed by atoms with Gasteiger partial charge in [0.25, 0.3) is 0 Å². The molecule has 1 aromatic heterocycles. The van der Waals surface area contributed by atoms with Gasteiger partial charge >= 0.3 is 0 Å². The molecule has 3 rings (SSSR count). The fourth-order valence-corrected chi connectivity index (χ4v) is 3.16. The maximum atomic E-state index is 6.24. The molecule has 5 heteroatoms. The summed E-state index contributed by atoms with van der Waals surface area (Å²) in [4.78, 5) is 4.46. The van der Waals surface area contributed by atoms with Crippen LogP contribution in [-0.4, -0.2) is 30.8 Å². The number of aromatic nitrogens is 1. The van der Waals surface area contributed by atoms with Crippen molar-refractivity contribution < 1.29 is 4.74 Å². The summed E-state index contributed by atoms with van der Waals surface area (Å²) in [6.07, 6.45) is 3.89. The van der Waals surface area contributed by atoms with Crippen molar-refractivity contribution in [3.05, 3.63) is 35.5 Å². The number of nitrogens with zero attached hydrogens (tertiary/aromatic N) is 1. The molecule has 1 unspecified atom stereocenters. The maximum Gasteiger partial charge on any atom is 0.0948 e. The van der Waals surface area contributed by atoms with E-state index in [-0.39, 0.29) is 6.04 Å². The van der Waals surface area contributed by atoms with Crippen LogP contribution in [0, 0.1) is 5.92 Å². The quantitative estimate of drug-likeness (QED) is 0.911. The number of hydrogen-bond acceptors (Lipinski definition) is 4. The third-order valence-electron chi connectivity index (χ3n) is 4.15. The number of ether oxygens (including phenoxy) is 1. The molecule has 0 saturated carbocycles. The Hall–Kier alpha value is -1.36. The fraction of sp³-hybridized carbons (Fsp3) is 0.438. The summed E-state index contributed by atoms with van der Waals surface area (Å²) >= 11 is 6.24. The predicted molar refractivity (Wildman–Crippen MR) is 86.8 cm³/mol. The molecule has 1 fully saturated rings. The zero-order chi connectivity index (χ0) is 14.7. The second-order valence-electron chi connectivity index (χ2n) is 5.43. The molecule has 0 aliphatic carbocycles. The molecule has 0 bridgehead atoms. The standard InChI is InChI=1S/C16H20ClN3O/c17-13-3-4-14(16-12(13)2-1-7-19-16)20-15(10-18)11-5-8-21-9-6-11/h1-4,7,11,15,20H,5-6,8-10,18H2. The van der Waals surface area contributed by atoms with Gasteiger partial charge in [0.2, 0.25) is 0 Å². The van der Waals surface area contributed by atoms with Gasteiger partial charge in [-0.3, -0.25) is 4.98 Å². The lowest BCUT2D eigenvalue weighted by atomic mass is 9.91. The summed E-state index contributed by atoms with van der Waals surface area (Å²) in [5.41, 5.74) is 7.87. The van der Waals surface area contributed by atoms with E-state index in [1.165, 1.54) is 0 Å². The smallest absolute Gasteiger partial charge is 0.0948 e. The zero-order valence-corrected chi connectivity index (χ0v) is 12.6. The van der Waals surface area contributed by atoms with Crippen LogP contribution in [-0.2, 0) is 4.74 Å². The molecule has 1 aromatic carbocycles. The summed E-state index contributed by atoms with van der Waals surface area (Å²) in [5, 5.41) is 5.25. The molecule has 21 heavy (non-hydrogen) atoms. The highest BCUT2D eigenvalue weighted by Gasteiger charge is 2.23. The molecule has 112 valence electrons. The van der Waals surface area contributed by atoms with Crippen molar-refractivity contribution in [2.45, 2.75) is 18.9 Å². The van der Waals surface area contributed by atoms with E-state index >= 15 is 0 Å². The SMILES string of the molecule is NCC(Nc1ccc(Cl)c2cccnc12)C1CCOCC1. The lowest BCUT2D eigenvalue weighted by Gasteiger charge is -2.31. The Bertz CT molecular complexity index is 613. The summed E-state index contributed by atoms with van der Waals surface area (Å²) in [6.45, 7) is 2.24. The van der Waals surface area contributed by atoms with Crippen molar-refractivity contribution in [3.63, 3.8) is 0 Å². The van der Waals surface area contributed by atoms with Crippen LogP contribution >= 0.6 is 11.6 Å². The monoisotopic (exact) mass is 305 g/mol. The van der Waals surface area contributed by atoms with Crippen LogP contribution in [0.3, 0.4) is 0 Å². The lowest BCUT2D eigenvalue weighted by molar-refractivity contribution is 0.0614. The molecule has 1 atom stereocenters. The molecule has 1 aliphatic heterocycles. The number of fused-ring (bicyclic) bond motifs is 1. The van der Waals surface area contributed by atoms with Crippen molar-refractivity contribution in [2.24, 2.45) is 11.7 Å². The van der Waals surface area contributed by atoms with Crippen molar-refractivity contribution >= 4 is 28.2 Å². The lowest BCUT2D eigenvalue weighted by Crippen LogP contribution is -2.39. The molecular weight excluding hydrogens is 286 g/mol. The van der Waals surface area contributed by atoms with Crippen LogP contribution in [0.25, 0.3) is 10.9 Å². The molecule has 1 aliphatic rings. The van der Waals surface area contributed by atoms with Crippen LogP contribution in [0.4, 0.5) is 5.69 Å². The second kappa shape index (κ2) is 6.60. The third kappa shape index (κ3) is 3.12. The number of nitrogens with two attached hydrogens (primary N) is 1. The molecule has 2 aromatic rings. The van der Waals surface area contributed by atoms with E-state index in [4.69, 9.17) is 22.1 Å². The van der Waals surface area contributed by atoms with Gasteiger partial charge in [-0.2, -0.15) is 0 Å². The zero-order valence-electron chi connectivity index (χ0n) is 11.9. The number of pyridine rings is 1. The predicted octanol–water partition coefficient (Wildman–Crippen LogP) is 3.05. The van der Waals surface area contributed by atoms with Crippen LogP contribution < -0.4 is 11.1 Å².